The molecule has 0 fully saturated rings. The highest BCUT2D eigenvalue weighted by Gasteiger charge is 2.30. The summed E-state index contributed by atoms with van der Waals surface area (Å²) in [4.78, 5) is 0. The van der Waals surface area contributed by atoms with Crippen molar-refractivity contribution in [3.8, 4) is 0 Å². The highest BCUT2D eigenvalue weighted by Crippen LogP contribution is 2.29. The lowest BCUT2D eigenvalue weighted by atomic mass is 9.91. The second-order valence-electron chi connectivity index (χ2n) is 5.33. The molecule has 2 heteroatoms. The first-order valence-electron chi connectivity index (χ1n) is 6.95. The number of hydrogen-bond donors (Lipinski definition) is 1. The van der Waals surface area contributed by atoms with Crippen molar-refractivity contribution in [2.45, 2.75) is 52.7 Å². The van der Waals surface area contributed by atoms with E-state index in [4.69, 9.17) is 4.74 Å². The number of rotatable bonds is 7. The molecule has 1 unspecified atom stereocenters. The maximum Gasteiger partial charge on any atom is 0.0820 e. The minimum absolute atomic E-state index is 0.195. The number of benzene rings is 1. The molecule has 0 radical (unpaired) electrons. The van der Waals surface area contributed by atoms with Gasteiger partial charge >= 0.3 is 0 Å². The molecule has 2 nitrogen and oxygen atoms in total. The summed E-state index contributed by atoms with van der Waals surface area (Å²) in [5.74, 6) is 0. The van der Waals surface area contributed by atoms with E-state index in [0.29, 0.717) is 0 Å². The number of hydrogen-bond acceptors (Lipinski definition) is 2. The van der Waals surface area contributed by atoms with Crippen LogP contribution in [0.15, 0.2) is 24.3 Å². The quantitative estimate of drug-likeness (QED) is 0.792. The van der Waals surface area contributed by atoms with E-state index in [1.807, 2.05) is 6.92 Å². The van der Waals surface area contributed by atoms with E-state index in [0.717, 1.165) is 19.6 Å². The van der Waals surface area contributed by atoms with Gasteiger partial charge in [-0.25, -0.2) is 0 Å². The average Bonchev–Trinajstić information content (AvgIpc) is 2.31. The summed E-state index contributed by atoms with van der Waals surface area (Å²) in [6.45, 7) is 12.4. The second-order valence-corrected chi connectivity index (χ2v) is 5.33. The summed E-state index contributed by atoms with van der Waals surface area (Å²) in [6, 6.07) is 8.96. The standard InChI is InChI=1S/C16H27NO/c1-6-12-17-15(16(4,5)18-7-2)14-10-8-13(3)9-11-14/h8-11,15,17H,6-7,12H2,1-5H3. The molecule has 1 rings (SSSR count). The van der Waals surface area contributed by atoms with Gasteiger partial charge in [-0.1, -0.05) is 36.8 Å². The predicted octanol–water partition coefficient (Wildman–Crippen LogP) is 3.85. The molecule has 0 saturated heterocycles. The maximum absolute atomic E-state index is 5.91. The number of aryl methyl sites for hydroxylation is 1. The minimum atomic E-state index is -0.195. The van der Waals surface area contributed by atoms with E-state index >= 15 is 0 Å². The van der Waals surface area contributed by atoms with Gasteiger partial charge in [0.25, 0.3) is 0 Å². The SMILES string of the molecule is CCCNC(c1ccc(C)cc1)C(C)(C)OCC. The Labute approximate surface area is 112 Å². The Morgan fingerprint density at radius 2 is 1.78 bits per heavy atom. The van der Waals surface area contributed by atoms with Gasteiger partial charge in [0.15, 0.2) is 0 Å². The molecular formula is C16H27NO. The Balaban J connectivity index is 2.93. The van der Waals surface area contributed by atoms with Gasteiger partial charge in [0.1, 0.15) is 0 Å². The Hall–Kier alpha value is -0.860. The largest absolute Gasteiger partial charge is 0.374 e. The zero-order valence-electron chi connectivity index (χ0n) is 12.4. The molecular weight excluding hydrogens is 222 g/mol. The van der Waals surface area contributed by atoms with Crippen LogP contribution in [0.4, 0.5) is 0 Å². The maximum atomic E-state index is 5.91. The molecule has 18 heavy (non-hydrogen) atoms. The van der Waals surface area contributed by atoms with Crippen LogP contribution in [-0.2, 0) is 4.74 Å². The van der Waals surface area contributed by atoms with Crippen LogP contribution in [0.3, 0.4) is 0 Å². The lowest BCUT2D eigenvalue weighted by molar-refractivity contribution is -0.0391. The summed E-state index contributed by atoms with van der Waals surface area (Å²) < 4.78 is 5.91. The van der Waals surface area contributed by atoms with Gasteiger partial charge in [0, 0.05) is 6.61 Å². The molecule has 0 aliphatic rings. The van der Waals surface area contributed by atoms with Crippen molar-refractivity contribution in [1.82, 2.24) is 5.32 Å². The predicted molar refractivity (Wildman–Crippen MR) is 77.9 cm³/mol. The van der Waals surface area contributed by atoms with Crippen LogP contribution in [0, 0.1) is 6.92 Å². The average molecular weight is 249 g/mol. The molecule has 0 amide bonds. The van der Waals surface area contributed by atoms with Gasteiger partial charge in [-0.05, 0) is 46.2 Å². The van der Waals surface area contributed by atoms with Crippen molar-refractivity contribution in [2.75, 3.05) is 13.2 Å². The number of nitrogens with one attached hydrogen (secondary N) is 1. The fourth-order valence-electron chi connectivity index (χ4n) is 2.27. The first kappa shape index (κ1) is 15.2. The van der Waals surface area contributed by atoms with Crippen molar-refractivity contribution >= 4 is 0 Å². The summed E-state index contributed by atoms with van der Waals surface area (Å²) in [6.07, 6.45) is 1.13. The molecule has 0 heterocycles. The Kier molecular flexibility index (Phi) is 5.83. The third-order valence-electron chi connectivity index (χ3n) is 3.22. The molecule has 1 aromatic carbocycles. The second kappa shape index (κ2) is 6.91. The van der Waals surface area contributed by atoms with Crippen LogP contribution in [0.25, 0.3) is 0 Å². The molecule has 1 atom stereocenters. The van der Waals surface area contributed by atoms with E-state index in [9.17, 15) is 0 Å². The topological polar surface area (TPSA) is 21.3 Å². The molecule has 0 bridgehead atoms. The highest BCUT2D eigenvalue weighted by atomic mass is 16.5. The van der Waals surface area contributed by atoms with Crippen LogP contribution in [0.2, 0.25) is 0 Å². The van der Waals surface area contributed by atoms with Gasteiger partial charge in [-0.3, -0.25) is 0 Å². The number of ether oxygens (including phenoxy) is 1. The lowest BCUT2D eigenvalue weighted by Gasteiger charge is -2.35. The van der Waals surface area contributed by atoms with Crippen LogP contribution in [0.5, 0.6) is 0 Å². The van der Waals surface area contributed by atoms with Crippen molar-refractivity contribution in [1.29, 1.82) is 0 Å². The van der Waals surface area contributed by atoms with Crippen molar-refractivity contribution in [3.05, 3.63) is 35.4 Å². The van der Waals surface area contributed by atoms with Crippen LogP contribution in [0.1, 0.15) is 51.3 Å². The Morgan fingerprint density at radius 3 is 2.28 bits per heavy atom. The van der Waals surface area contributed by atoms with Crippen LogP contribution >= 0.6 is 0 Å². The van der Waals surface area contributed by atoms with E-state index in [2.05, 4.69) is 57.3 Å². The molecule has 1 N–H and O–H groups in total. The Morgan fingerprint density at radius 1 is 1.17 bits per heavy atom. The van der Waals surface area contributed by atoms with Gasteiger partial charge in [-0.15, -0.1) is 0 Å². The highest BCUT2D eigenvalue weighted by molar-refractivity contribution is 5.26. The first-order valence-corrected chi connectivity index (χ1v) is 6.95. The lowest BCUT2D eigenvalue weighted by Crippen LogP contribution is -2.41. The van der Waals surface area contributed by atoms with Crippen molar-refractivity contribution in [2.24, 2.45) is 0 Å². The summed E-state index contributed by atoms with van der Waals surface area (Å²) in [7, 11) is 0. The summed E-state index contributed by atoms with van der Waals surface area (Å²) in [5, 5.41) is 3.61. The van der Waals surface area contributed by atoms with Crippen LogP contribution in [-0.4, -0.2) is 18.8 Å². The molecule has 1 aromatic rings. The molecule has 0 saturated carbocycles. The molecule has 102 valence electrons. The van der Waals surface area contributed by atoms with Gasteiger partial charge in [-0.2, -0.15) is 0 Å². The normalized spacial score (nSPS) is 13.6. The zero-order valence-corrected chi connectivity index (χ0v) is 12.4. The molecule has 0 aliphatic heterocycles. The van der Waals surface area contributed by atoms with Gasteiger partial charge < -0.3 is 10.1 Å². The first-order chi connectivity index (χ1) is 8.51. The van der Waals surface area contributed by atoms with E-state index in [-0.39, 0.29) is 11.6 Å². The zero-order chi connectivity index (χ0) is 13.6. The van der Waals surface area contributed by atoms with Crippen molar-refractivity contribution < 1.29 is 4.74 Å². The molecule has 0 aliphatic carbocycles. The van der Waals surface area contributed by atoms with Gasteiger partial charge in [0.05, 0.1) is 11.6 Å². The van der Waals surface area contributed by atoms with E-state index < -0.39 is 0 Å². The third-order valence-corrected chi connectivity index (χ3v) is 3.22. The molecule has 0 aromatic heterocycles. The van der Waals surface area contributed by atoms with Crippen LogP contribution < -0.4 is 5.32 Å². The van der Waals surface area contributed by atoms with Crippen molar-refractivity contribution in [3.63, 3.8) is 0 Å². The fraction of sp³-hybridized carbons (Fsp3) is 0.625. The molecule has 0 spiro atoms. The monoisotopic (exact) mass is 249 g/mol. The fourth-order valence-corrected chi connectivity index (χ4v) is 2.27. The third kappa shape index (κ3) is 4.11. The smallest absolute Gasteiger partial charge is 0.0820 e. The van der Waals surface area contributed by atoms with E-state index in [1.165, 1.54) is 11.1 Å². The summed E-state index contributed by atoms with van der Waals surface area (Å²) >= 11 is 0. The Bertz CT molecular complexity index is 343. The summed E-state index contributed by atoms with van der Waals surface area (Å²) in [5.41, 5.74) is 2.40. The van der Waals surface area contributed by atoms with E-state index in [1.54, 1.807) is 0 Å². The van der Waals surface area contributed by atoms with Gasteiger partial charge in [0.2, 0.25) is 0 Å². The minimum Gasteiger partial charge on any atom is -0.374 e.